The van der Waals surface area contributed by atoms with Crippen LogP contribution in [0, 0.1) is 0 Å². The van der Waals surface area contributed by atoms with Crippen LogP contribution in [0.5, 0.6) is 0 Å². The summed E-state index contributed by atoms with van der Waals surface area (Å²) in [5, 5.41) is 0. The van der Waals surface area contributed by atoms with Crippen molar-refractivity contribution < 1.29 is 1.43 Å². The maximum Gasteiger partial charge on any atom is 1.00 e. The maximum absolute atomic E-state index is 4.45. The molecule has 1 aliphatic carbocycles. The van der Waals surface area contributed by atoms with Crippen LogP contribution in [0.15, 0.2) is 47.0 Å². The van der Waals surface area contributed by atoms with Crippen molar-refractivity contribution in [2.24, 2.45) is 4.99 Å². The first-order valence-corrected chi connectivity index (χ1v) is 4.45. The fourth-order valence-electron chi connectivity index (χ4n) is 1.92. The first-order chi connectivity index (χ1) is 6.45. The number of benzene rings is 1. The van der Waals surface area contributed by atoms with Crippen molar-refractivity contribution >= 4 is 12.3 Å². The minimum atomic E-state index is 0. The highest BCUT2D eigenvalue weighted by Gasteiger charge is 2.22. The summed E-state index contributed by atoms with van der Waals surface area (Å²) >= 11 is 0. The summed E-state index contributed by atoms with van der Waals surface area (Å²) in [7, 11) is 0. The molecule has 0 aromatic heterocycles. The van der Waals surface area contributed by atoms with Gasteiger partial charge in [-0.05, 0) is 28.9 Å². The molecule has 0 spiro atoms. The number of allylic oxidation sites excluding steroid dienone is 1. The van der Waals surface area contributed by atoms with Gasteiger partial charge in [0.05, 0.1) is 0 Å². The molecule has 0 bridgehead atoms. The van der Waals surface area contributed by atoms with E-state index in [-0.39, 0.29) is 7.47 Å². The molecule has 1 unspecified atom stereocenters. The third kappa shape index (κ3) is 0.903. The van der Waals surface area contributed by atoms with Gasteiger partial charge in [-0.3, -0.25) is 4.99 Å². The molecule has 1 aromatic rings. The van der Waals surface area contributed by atoms with E-state index in [9.17, 15) is 0 Å². The van der Waals surface area contributed by atoms with E-state index in [4.69, 9.17) is 0 Å². The fourth-order valence-corrected chi connectivity index (χ4v) is 1.92. The Labute approximate surface area is 78.6 Å². The van der Waals surface area contributed by atoms with Crippen LogP contribution in [0.4, 0.5) is 0 Å². The number of rotatable bonds is 0. The minimum Gasteiger partial charge on any atom is -0.280 e. The van der Waals surface area contributed by atoms with E-state index in [1.54, 1.807) is 0 Å². The second kappa shape index (κ2) is 2.43. The number of nitrogens with zero attached hydrogens (tertiary/aromatic N) is 1. The number of aliphatic imine (C=N–C) groups is 1. The van der Waals surface area contributed by atoms with E-state index in [1.807, 2.05) is 12.3 Å². The minimum absolute atomic E-state index is 0. The van der Waals surface area contributed by atoms with Gasteiger partial charge in [-0.1, -0.05) is 30.3 Å². The van der Waals surface area contributed by atoms with Crippen molar-refractivity contribution in [3.63, 3.8) is 0 Å². The standard InChI is InChI=1S/C12H9N/c1-2-6-11-9(4-1)8-10-5-3-7-13-12(10)11/h1-8,12H/p+1. The lowest BCUT2D eigenvalue weighted by molar-refractivity contribution is 0.894. The highest BCUT2D eigenvalue weighted by atomic mass is 14.8. The van der Waals surface area contributed by atoms with Gasteiger partial charge >= 0.3 is 1.43 Å². The zero-order valence-electron chi connectivity index (χ0n) is 8.14. The van der Waals surface area contributed by atoms with Crippen LogP contribution in [0.25, 0.3) is 6.08 Å². The smallest absolute Gasteiger partial charge is 0.280 e. The van der Waals surface area contributed by atoms with Crippen LogP contribution in [-0.4, -0.2) is 6.21 Å². The molecule has 13 heavy (non-hydrogen) atoms. The highest BCUT2D eigenvalue weighted by Crippen LogP contribution is 2.38. The summed E-state index contributed by atoms with van der Waals surface area (Å²) in [4.78, 5) is 4.45. The van der Waals surface area contributed by atoms with Crippen molar-refractivity contribution in [3.05, 3.63) is 53.1 Å². The predicted molar refractivity (Wildman–Crippen MR) is 55.9 cm³/mol. The average Bonchev–Trinajstić information content (AvgIpc) is 2.56. The third-order valence-electron chi connectivity index (χ3n) is 2.54. The lowest BCUT2D eigenvalue weighted by atomic mass is 10.0. The second-order valence-electron chi connectivity index (χ2n) is 3.33. The summed E-state index contributed by atoms with van der Waals surface area (Å²) in [5.74, 6) is 0. The normalized spacial score (nSPS) is 22.5. The molecular weight excluding hydrogens is 158 g/mol. The Hall–Kier alpha value is -1.63. The Bertz CT molecular complexity index is 443. The molecule has 1 nitrogen and oxygen atoms in total. The van der Waals surface area contributed by atoms with Crippen LogP contribution >= 0.6 is 0 Å². The molecule has 2 aliphatic rings. The fraction of sp³-hybridized carbons (Fsp3) is 0.0833. The molecule has 1 heteroatoms. The second-order valence-corrected chi connectivity index (χ2v) is 3.33. The van der Waals surface area contributed by atoms with E-state index in [0.29, 0.717) is 0 Å². The number of dihydropyridines is 1. The van der Waals surface area contributed by atoms with E-state index in [1.165, 1.54) is 16.7 Å². The monoisotopic (exact) mass is 168 g/mol. The Kier molecular flexibility index (Phi) is 1.28. The lowest BCUT2D eigenvalue weighted by Crippen LogP contribution is -1.96. The molecule has 0 radical (unpaired) electrons. The molecule has 0 saturated carbocycles. The first kappa shape index (κ1) is 6.84. The van der Waals surface area contributed by atoms with Gasteiger partial charge in [0.2, 0.25) is 0 Å². The molecule has 1 heterocycles. The van der Waals surface area contributed by atoms with Crippen molar-refractivity contribution in [1.29, 1.82) is 0 Å². The molecular formula is C12H10N+. The van der Waals surface area contributed by atoms with Gasteiger partial charge in [0, 0.05) is 6.21 Å². The Morgan fingerprint density at radius 3 is 3.15 bits per heavy atom. The van der Waals surface area contributed by atoms with E-state index in [2.05, 4.69) is 41.4 Å². The van der Waals surface area contributed by atoms with Crippen molar-refractivity contribution in [2.75, 3.05) is 0 Å². The first-order valence-electron chi connectivity index (χ1n) is 4.45. The van der Waals surface area contributed by atoms with Gasteiger partial charge in [-0.2, -0.15) is 0 Å². The van der Waals surface area contributed by atoms with Crippen molar-refractivity contribution in [3.8, 4) is 0 Å². The van der Waals surface area contributed by atoms with Crippen LogP contribution in [0.2, 0.25) is 0 Å². The third-order valence-corrected chi connectivity index (χ3v) is 2.54. The van der Waals surface area contributed by atoms with Crippen LogP contribution in [0.1, 0.15) is 18.6 Å². The Morgan fingerprint density at radius 2 is 2.15 bits per heavy atom. The Morgan fingerprint density at radius 1 is 1.23 bits per heavy atom. The van der Waals surface area contributed by atoms with E-state index < -0.39 is 0 Å². The summed E-state index contributed by atoms with van der Waals surface area (Å²) in [6.07, 6.45) is 8.23. The van der Waals surface area contributed by atoms with Gasteiger partial charge in [0.25, 0.3) is 0 Å². The summed E-state index contributed by atoms with van der Waals surface area (Å²) in [5.41, 5.74) is 3.95. The molecule has 1 aliphatic heterocycles. The zero-order chi connectivity index (χ0) is 8.67. The van der Waals surface area contributed by atoms with Crippen molar-refractivity contribution in [1.82, 2.24) is 0 Å². The molecule has 0 amide bonds. The largest absolute Gasteiger partial charge is 1.00 e. The summed E-state index contributed by atoms with van der Waals surface area (Å²) in [6, 6.07) is 8.70. The Balaban J connectivity index is 0.000000750. The maximum atomic E-state index is 4.45. The SMILES string of the molecule is C1=CC2=Cc3ccccc3C2N=C1.[H+]. The molecule has 0 saturated heterocycles. The lowest BCUT2D eigenvalue weighted by Gasteiger charge is -2.11. The van der Waals surface area contributed by atoms with E-state index >= 15 is 0 Å². The molecule has 0 fully saturated rings. The molecule has 1 atom stereocenters. The van der Waals surface area contributed by atoms with Gasteiger partial charge in [0.1, 0.15) is 6.04 Å². The molecule has 0 N–H and O–H groups in total. The van der Waals surface area contributed by atoms with Gasteiger partial charge in [-0.25, -0.2) is 0 Å². The molecule has 3 rings (SSSR count). The van der Waals surface area contributed by atoms with Crippen molar-refractivity contribution in [2.45, 2.75) is 6.04 Å². The zero-order valence-corrected chi connectivity index (χ0v) is 7.14. The quantitative estimate of drug-likeness (QED) is 0.564. The summed E-state index contributed by atoms with van der Waals surface area (Å²) < 4.78 is 0. The highest BCUT2D eigenvalue weighted by molar-refractivity contribution is 5.80. The van der Waals surface area contributed by atoms with Gasteiger partial charge in [0.15, 0.2) is 0 Å². The molecule has 1 aromatic carbocycles. The predicted octanol–water partition coefficient (Wildman–Crippen LogP) is 2.88. The van der Waals surface area contributed by atoms with E-state index in [0.717, 1.165) is 0 Å². The van der Waals surface area contributed by atoms with Crippen LogP contribution in [-0.2, 0) is 0 Å². The number of hydrogen-bond donors (Lipinski definition) is 0. The number of hydrogen-bond acceptors (Lipinski definition) is 1. The van der Waals surface area contributed by atoms with Crippen LogP contribution < -0.4 is 0 Å². The average molecular weight is 168 g/mol. The number of fused-ring (bicyclic) bond motifs is 3. The summed E-state index contributed by atoms with van der Waals surface area (Å²) in [6.45, 7) is 0. The van der Waals surface area contributed by atoms with Gasteiger partial charge < -0.3 is 0 Å². The molecule has 62 valence electrons. The van der Waals surface area contributed by atoms with Gasteiger partial charge in [-0.15, -0.1) is 0 Å². The topological polar surface area (TPSA) is 12.4 Å². The van der Waals surface area contributed by atoms with Crippen LogP contribution in [0.3, 0.4) is 0 Å².